The molecule has 0 bridgehead atoms. The summed E-state index contributed by atoms with van der Waals surface area (Å²) in [5, 5.41) is 3.78. The Hall–Kier alpha value is -1.81. The Morgan fingerprint density at radius 2 is 1.86 bits per heavy atom. The zero-order valence-electron chi connectivity index (χ0n) is 12.1. The number of hydrogen-bond acceptors (Lipinski definition) is 2. The molecule has 0 spiro atoms. The first-order valence-electron chi connectivity index (χ1n) is 6.74. The third-order valence-electron chi connectivity index (χ3n) is 3.32. The van der Waals surface area contributed by atoms with Gasteiger partial charge < -0.3 is 10.1 Å². The predicted octanol–water partition coefficient (Wildman–Crippen LogP) is 4.08. The average Bonchev–Trinajstić information content (AvgIpc) is 2.54. The Labute approximate surface area is 133 Å². The van der Waals surface area contributed by atoms with Gasteiger partial charge in [0.15, 0.2) is 0 Å². The van der Waals surface area contributed by atoms with E-state index in [-0.39, 0.29) is 11.9 Å². The van der Waals surface area contributed by atoms with Gasteiger partial charge in [0.05, 0.1) is 13.2 Å². The molecule has 0 fully saturated rings. The first kappa shape index (κ1) is 15.6. The molecule has 0 saturated carbocycles. The van der Waals surface area contributed by atoms with Crippen LogP contribution in [0.3, 0.4) is 0 Å². The summed E-state index contributed by atoms with van der Waals surface area (Å²) in [6.45, 7) is 1.95. The quantitative estimate of drug-likeness (QED) is 0.827. The van der Waals surface area contributed by atoms with Crippen LogP contribution in [0.1, 0.15) is 34.5 Å². The summed E-state index contributed by atoms with van der Waals surface area (Å²) >= 11 is 3.39. The van der Waals surface area contributed by atoms with Gasteiger partial charge >= 0.3 is 0 Å². The highest BCUT2D eigenvalue weighted by Crippen LogP contribution is 2.24. The lowest BCUT2D eigenvalue weighted by molar-refractivity contribution is 0.0939. The molecule has 0 saturated heterocycles. The number of carbonyl (C=O) groups excluding carboxylic acids is 1. The van der Waals surface area contributed by atoms with Crippen molar-refractivity contribution in [3.63, 3.8) is 0 Å². The highest BCUT2D eigenvalue weighted by Gasteiger charge is 2.14. The van der Waals surface area contributed by atoms with Gasteiger partial charge in [-0.3, -0.25) is 4.79 Å². The van der Waals surface area contributed by atoms with E-state index in [9.17, 15) is 4.79 Å². The summed E-state index contributed by atoms with van der Waals surface area (Å²) in [5.74, 6) is 0.689. The van der Waals surface area contributed by atoms with E-state index in [4.69, 9.17) is 4.74 Å². The molecule has 1 N–H and O–H groups in total. The van der Waals surface area contributed by atoms with Crippen molar-refractivity contribution in [3.05, 3.63) is 65.2 Å². The van der Waals surface area contributed by atoms with E-state index in [2.05, 4.69) is 21.2 Å². The second kappa shape index (κ2) is 7.27. The van der Waals surface area contributed by atoms with E-state index >= 15 is 0 Å². The maximum Gasteiger partial charge on any atom is 0.251 e. The largest absolute Gasteiger partial charge is 0.496 e. The van der Waals surface area contributed by atoms with Crippen molar-refractivity contribution in [2.24, 2.45) is 0 Å². The van der Waals surface area contributed by atoms with Gasteiger partial charge in [0, 0.05) is 16.5 Å². The molecule has 3 nitrogen and oxygen atoms in total. The summed E-state index contributed by atoms with van der Waals surface area (Å²) in [5.41, 5.74) is 2.76. The van der Waals surface area contributed by atoms with Gasteiger partial charge in [0.2, 0.25) is 0 Å². The molecule has 0 aliphatic rings. The van der Waals surface area contributed by atoms with Crippen molar-refractivity contribution in [1.82, 2.24) is 5.32 Å². The molecule has 0 aliphatic carbocycles. The number of carbonyl (C=O) groups is 1. The molecule has 0 aromatic heterocycles. The monoisotopic (exact) mass is 347 g/mol. The molecule has 1 unspecified atom stereocenters. The zero-order valence-corrected chi connectivity index (χ0v) is 13.7. The van der Waals surface area contributed by atoms with Crippen LogP contribution in [-0.2, 0) is 5.33 Å². The van der Waals surface area contributed by atoms with Crippen LogP contribution in [0.5, 0.6) is 5.75 Å². The van der Waals surface area contributed by atoms with Gasteiger partial charge in [-0.15, -0.1) is 0 Å². The van der Waals surface area contributed by atoms with Crippen molar-refractivity contribution >= 4 is 21.8 Å². The van der Waals surface area contributed by atoms with Crippen molar-refractivity contribution in [2.45, 2.75) is 18.3 Å². The Morgan fingerprint density at radius 3 is 2.48 bits per heavy atom. The third kappa shape index (κ3) is 3.85. The second-order valence-corrected chi connectivity index (χ2v) is 5.33. The van der Waals surface area contributed by atoms with Gasteiger partial charge in [-0.25, -0.2) is 0 Å². The summed E-state index contributed by atoms with van der Waals surface area (Å²) in [7, 11) is 1.63. The van der Waals surface area contributed by atoms with Crippen LogP contribution in [-0.4, -0.2) is 13.0 Å². The van der Waals surface area contributed by atoms with Gasteiger partial charge in [-0.05, 0) is 30.7 Å². The predicted molar refractivity (Wildman–Crippen MR) is 87.9 cm³/mol. The fraction of sp³-hybridized carbons (Fsp3) is 0.235. The number of halogens is 1. The molecule has 0 aliphatic heterocycles. The minimum absolute atomic E-state index is 0.0884. The lowest BCUT2D eigenvalue weighted by Gasteiger charge is -2.17. The molecule has 2 rings (SSSR count). The topological polar surface area (TPSA) is 38.3 Å². The molecular formula is C17H18BrNO2. The lowest BCUT2D eigenvalue weighted by Crippen LogP contribution is -2.26. The minimum atomic E-state index is -0.121. The van der Waals surface area contributed by atoms with Crippen LogP contribution in [0.2, 0.25) is 0 Å². The van der Waals surface area contributed by atoms with Crippen LogP contribution in [0.25, 0.3) is 0 Å². The molecule has 21 heavy (non-hydrogen) atoms. The van der Waals surface area contributed by atoms with Crippen molar-refractivity contribution in [1.29, 1.82) is 0 Å². The number of para-hydroxylation sites is 1. The lowest BCUT2D eigenvalue weighted by atomic mass is 10.1. The van der Waals surface area contributed by atoms with E-state index in [1.807, 2.05) is 55.5 Å². The number of rotatable bonds is 5. The standard InChI is InChI=1S/C17H18BrNO2/c1-12(15-5-3-4-6-16(15)21-2)19-17(20)14-9-7-13(11-18)8-10-14/h3-10,12H,11H2,1-2H3,(H,19,20). The molecular weight excluding hydrogens is 330 g/mol. The summed E-state index contributed by atoms with van der Waals surface area (Å²) < 4.78 is 5.33. The fourth-order valence-corrected chi connectivity index (χ4v) is 2.50. The normalized spacial score (nSPS) is 11.8. The highest BCUT2D eigenvalue weighted by atomic mass is 79.9. The van der Waals surface area contributed by atoms with Crippen molar-refractivity contribution < 1.29 is 9.53 Å². The first-order chi connectivity index (χ1) is 10.2. The summed E-state index contributed by atoms with van der Waals surface area (Å²) in [6.07, 6.45) is 0. The number of amides is 1. The fourth-order valence-electron chi connectivity index (χ4n) is 2.13. The smallest absolute Gasteiger partial charge is 0.251 e. The minimum Gasteiger partial charge on any atom is -0.496 e. The van der Waals surface area contributed by atoms with Gasteiger partial charge in [0.1, 0.15) is 5.75 Å². The van der Waals surface area contributed by atoms with Crippen LogP contribution >= 0.6 is 15.9 Å². The Balaban J connectivity index is 2.11. The Kier molecular flexibility index (Phi) is 5.39. The third-order valence-corrected chi connectivity index (χ3v) is 3.97. The molecule has 110 valence electrons. The molecule has 0 heterocycles. The van der Waals surface area contributed by atoms with E-state index in [1.54, 1.807) is 7.11 Å². The average molecular weight is 348 g/mol. The maximum atomic E-state index is 12.3. The van der Waals surface area contributed by atoms with Crippen molar-refractivity contribution in [3.8, 4) is 5.75 Å². The molecule has 4 heteroatoms. The molecule has 0 radical (unpaired) electrons. The number of ether oxygens (including phenoxy) is 1. The molecule has 1 atom stereocenters. The number of hydrogen-bond donors (Lipinski definition) is 1. The SMILES string of the molecule is COc1ccccc1C(C)NC(=O)c1ccc(CBr)cc1. The van der Waals surface area contributed by atoms with Crippen LogP contribution in [0.15, 0.2) is 48.5 Å². The van der Waals surface area contributed by atoms with Crippen LogP contribution < -0.4 is 10.1 Å². The zero-order chi connectivity index (χ0) is 15.2. The maximum absolute atomic E-state index is 12.3. The van der Waals surface area contributed by atoms with Crippen LogP contribution in [0, 0.1) is 0 Å². The summed E-state index contributed by atoms with van der Waals surface area (Å²) in [6, 6.07) is 15.1. The number of methoxy groups -OCH3 is 1. The molecule has 2 aromatic carbocycles. The van der Waals surface area contributed by atoms with Gasteiger partial charge in [-0.1, -0.05) is 46.3 Å². The number of alkyl halides is 1. The number of benzene rings is 2. The Bertz CT molecular complexity index is 610. The van der Waals surface area contributed by atoms with Crippen LogP contribution in [0.4, 0.5) is 0 Å². The van der Waals surface area contributed by atoms with E-state index in [0.29, 0.717) is 5.56 Å². The molecule has 2 aromatic rings. The van der Waals surface area contributed by atoms with Crippen molar-refractivity contribution in [2.75, 3.05) is 7.11 Å². The van der Waals surface area contributed by atoms with Gasteiger partial charge in [0.25, 0.3) is 5.91 Å². The molecule has 1 amide bonds. The highest BCUT2D eigenvalue weighted by molar-refractivity contribution is 9.08. The van der Waals surface area contributed by atoms with E-state index < -0.39 is 0 Å². The van der Waals surface area contributed by atoms with E-state index in [1.165, 1.54) is 0 Å². The van der Waals surface area contributed by atoms with E-state index in [0.717, 1.165) is 22.2 Å². The van der Waals surface area contributed by atoms with Gasteiger partial charge in [-0.2, -0.15) is 0 Å². The second-order valence-electron chi connectivity index (χ2n) is 4.77. The summed E-state index contributed by atoms with van der Waals surface area (Å²) in [4.78, 5) is 12.3. The first-order valence-corrected chi connectivity index (χ1v) is 7.86. The number of nitrogens with one attached hydrogen (secondary N) is 1. The Morgan fingerprint density at radius 1 is 1.19 bits per heavy atom.